The predicted molar refractivity (Wildman–Crippen MR) is 48.5 cm³/mol. The lowest BCUT2D eigenvalue weighted by Crippen LogP contribution is -2.19. The topological polar surface area (TPSA) is 35.2 Å². The van der Waals surface area contributed by atoms with Gasteiger partial charge in [-0.25, -0.2) is 0 Å². The molecule has 2 N–H and O–H groups in total. The quantitative estimate of drug-likeness (QED) is 0.669. The highest BCUT2D eigenvalue weighted by Gasteiger charge is 2.18. The second kappa shape index (κ2) is 3.15. The molecule has 1 aliphatic carbocycles. The first-order valence-corrected chi connectivity index (χ1v) is 4.36. The van der Waals surface area contributed by atoms with E-state index in [9.17, 15) is 0 Å². The van der Waals surface area contributed by atoms with Gasteiger partial charge in [0.1, 0.15) is 11.9 Å². The lowest BCUT2D eigenvalue weighted by atomic mass is 10.1. The molecule has 0 bridgehead atoms. The smallest absolute Gasteiger partial charge is 0.126 e. The summed E-state index contributed by atoms with van der Waals surface area (Å²) in [5.74, 6) is 1.01. The molecule has 2 aliphatic rings. The fraction of sp³-hybridized carbons (Fsp3) is 0.400. The number of hydrogen-bond donors (Lipinski definition) is 1. The fourth-order valence-electron chi connectivity index (χ4n) is 1.54. The minimum atomic E-state index is 0.296. The standard InChI is InChI=1S/C10H13NO/c11-7-6-9-5-4-8-2-1-3-10(8)12-9/h1-4,9H,5-7,11H2. The third-order valence-corrected chi connectivity index (χ3v) is 2.19. The molecule has 0 aromatic heterocycles. The van der Waals surface area contributed by atoms with Crippen LogP contribution in [0.4, 0.5) is 0 Å². The van der Waals surface area contributed by atoms with E-state index in [4.69, 9.17) is 10.5 Å². The summed E-state index contributed by atoms with van der Waals surface area (Å²) in [4.78, 5) is 0. The van der Waals surface area contributed by atoms with Crippen LogP contribution in [0.5, 0.6) is 0 Å². The summed E-state index contributed by atoms with van der Waals surface area (Å²) in [7, 11) is 0. The molecule has 0 aromatic rings. The highest BCUT2D eigenvalue weighted by atomic mass is 16.5. The fourth-order valence-corrected chi connectivity index (χ4v) is 1.54. The van der Waals surface area contributed by atoms with Crippen LogP contribution in [0.3, 0.4) is 0 Å². The molecule has 0 spiro atoms. The van der Waals surface area contributed by atoms with Gasteiger partial charge < -0.3 is 10.5 Å². The molecule has 2 heteroatoms. The Balaban J connectivity index is 2.05. The Morgan fingerprint density at radius 3 is 3.33 bits per heavy atom. The van der Waals surface area contributed by atoms with E-state index in [1.165, 1.54) is 5.57 Å². The maximum Gasteiger partial charge on any atom is 0.126 e. The predicted octanol–water partition coefficient (Wildman–Crippen LogP) is 1.50. The van der Waals surface area contributed by atoms with E-state index >= 15 is 0 Å². The van der Waals surface area contributed by atoms with E-state index < -0.39 is 0 Å². The van der Waals surface area contributed by atoms with E-state index in [-0.39, 0.29) is 0 Å². The van der Waals surface area contributed by atoms with Gasteiger partial charge in [0, 0.05) is 12.0 Å². The van der Waals surface area contributed by atoms with Gasteiger partial charge in [0.25, 0.3) is 0 Å². The van der Waals surface area contributed by atoms with Gasteiger partial charge in [-0.2, -0.15) is 0 Å². The first-order valence-electron chi connectivity index (χ1n) is 4.36. The second-order valence-electron chi connectivity index (χ2n) is 3.10. The van der Waals surface area contributed by atoms with Crippen molar-refractivity contribution < 1.29 is 4.74 Å². The molecule has 0 saturated heterocycles. The van der Waals surface area contributed by atoms with Gasteiger partial charge in [0.15, 0.2) is 0 Å². The van der Waals surface area contributed by atoms with Gasteiger partial charge >= 0.3 is 0 Å². The van der Waals surface area contributed by atoms with Crippen molar-refractivity contribution >= 4 is 0 Å². The van der Waals surface area contributed by atoms with Crippen LogP contribution in [-0.2, 0) is 4.74 Å². The monoisotopic (exact) mass is 163 g/mol. The molecule has 0 fully saturated rings. The number of fused-ring (bicyclic) bond motifs is 1. The summed E-state index contributed by atoms with van der Waals surface area (Å²) in [6, 6.07) is 0. The van der Waals surface area contributed by atoms with Crippen molar-refractivity contribution in [3.8, 4) is 0 Å². The molecule has 0 radical (unpaired) electrons. The van der Waals surface area contributed by atoms with Gasteiger partial charge in [0.05, 0.1) is 0 Å². The number of allylic oxidation sites excluding steroid dienone is 3. The van der Waals surface area contributed by atoms with E-state index in [0.717, 1.165) is 18.6 Å². The van der Waals surface area contributed by atoms with E-state index in [1.807, 2.05) is 12.2 Å². The lowest BCUT2D eigenvalue weighted by Gasteiger charge is -2.23. The van der Waals surface area contributed by atoms with Crippen LogP contribution < -0.4 is 5.73 Å². The zero-order valence-electron chi connectivity index (χ0n) is 6.99. The van der Waals surface area contributed by atoms with Crippen molar-refractivity contribution in [3.63, 3.8) is 0 Å². The summed E-state index contributed by atoms with van der Waals surface area (Å²) in [5, 5.41) is 0. The molecule has 1 atom stereocenters. The maximum atomic E-state index is 5.70. The molecule has 2 nitrogen and oxygen atoms in total. The van der Waals surface area contributed by atoms with Crippen LogP contribution >= 0.6 is 0 Å². The summed E-state index contributed by atoms with van der Waals surface area (Å²) >= 11 is 0. The summed E-state index contributed by atoms with van der Waals surface area (Å²) in [6.07, 6.45) is 10.6. The Morgan fingerprint density at radius 1 is 1.58 bits per heavy atom. The Labute approximate surface area is 72.4 Å². The van der Waals surface area contributed by atoms with E-state index in [0.29, 0.717) is 12.6 Å². The minimum absolute atomic E-state index is 0.296. The first kappa shape index (κ1) is 7.62. The van der Waals surface area contributed by atoms with Crippen molar-refractivity contribution in [1.29, 1.82) is 0 Å². The van der Waals surface area contributed by atoms with Crippen LogP contribution in [-0.4, -0.2) is 12.6 Å². The van der Waals surface area contributed by atoms with Crippen LogP contribution in [0, 0.1) is 0 Å². The Hall–Kier alpha value is -1.02. The average molecular weight is 163 g/mol. The number of nitrogens with two attached hydrogens (primary N) is 1. The zero-order chi connectivity index (χ0) is 8.39. The van der Waals surface area contributed by atoms with Crippen molar-refractivity contribution in [2.45, 2.75) is 18.9 Å². The molecule has 0 aromatic carbocycles. The maximum absolute atomic E-state index is 5.70. The summed E-state index contributed by atoms with van der Waals surface area (Å²) < 4.78 is 5.70. The number of hydrogen-bond acceptors (Lipinski definition) is 2. The summed E-state index contributed by atoms with van der Waals surface area (Å²) in [6.45, 7) is 0.703. The van der Waals surface area contributed by atoms with Crippen molar-refractivity contribution in [1.82, 2.24) is 0 Å². The highest BCUT2D eigenvalue weighted by Crippen LogP contribution is 2.28. The highest BCUT2D eigenvalue weighted by molar-refractivity contribution is 5.46. The molecule has 0 saturated carbocycles. The van der Waals surface area contributed by atoms with Gasteiger partial charge in [0.2, 0.25) is 0 Å². The molecule has 12 heavy (non-hydrogen) atoms. The van der Waals surface area contributed by atoms with Crippen LogP contribution in [0.15, 0.2) is 35.6 Å². The Bertz CT molecular complexity index is 263. The zero-order valence-corrected chi connectivity index (χ0v) is 6.99. The molecule has 1 unspecified atom stereocenters. The van der Waals surface area contributed by atoms with Gasteiger partial charge in [-0.05, 0) is 19.0 Å². The van der Waals surface area contributed by atoms with Gasteiger partial charge in [-0.1, -0.05) is 18.2 Å². The van der Waals surface area contributed by atoms with Crippen molar-refractivity contribution in [3.05, 3.63) is 35.6 Å². The largest absolute Gasteiger partial charge is 0.489 e. The van der Waals surface area contributed by atoms with Crippen LogP contribution in [0.2, 0.25) is 0 Å². The third kappa shape index (κ3) is 1.30. The SMILES string of the molecule is NCCC1CC=C2C=CC=C2O1. The van der Waals surface area contributed by atoms with E-state index in [2.05, 4.69) is 12.2 Å². The average Bonchev–Trinajstić information content (AvgIpc) is 2.51. The van der Waals surface area contributed by atoms with Crippen molar-refractivity contribution in [2.75, 3.05) is 6.54 Å². The first-order chi connectivity index (χ1) is 5.90. The van der Waals surface area contributed by atoms with Crippen LogP contribution in [0.1, 0.15) is 12.8 Å². The molecule has 1 aliphatic heterocycles. The molecule has 2 rings (SSSR count). The molecular formula is C10H13NO. The molecular weight excluding hydrogens is 150 g/mol. The third-order valence-electron chi connectivity index (χ3n) is 2.19. The minimum Gasteiger partial charge on any atom is -0.489 e. The normalized spacial score (nSPS) is 25.9. The van der Waals surface area contributed by atoms with Gasteiger partial charge in [-0.15, -0.1) is 0 Å². The second-order valence-corrected chi connectivity index (χ2v) is 3.10. The molecule has 64 valence electrons. The Kier molecular flexibility index (Phi) is 2.00. The Morgan fingerprint density at radius 2 is 2.50 bits per heavy atom. The van der Waals surface area contributed by atoms with Crippen LogP contribution in [0.25, 0.3) is 0 Å². The van der Waals surface area contributed by atoms with Crippen molar-refractivity contribution in [2.24, 2.45) is 5.73 Å². The number of ether oxygens (including phenoxy) is 1. The molecule has 0 amide bonds. The summed E-state index contributed by atoms with van der Waals surface area (Å²) in [5.41, 5.74) is 6.69. The van der Waals surface area contributed by atoms with E-state index in [1.54, 1.807) is 0 Å². The molecule has 1 heterocycles. The lowest BCUT2D eigenvalue weighted by molar-refractivity contribution is 0.112. The van der Waals surface area contributed by atoms with Gasteiger partial charge in [-0.3, -0.25) is 0 Å². The number of rotatable bonds is 2.